The van der Waals surface area contributed by atoms with E-state index in [0.29, 0.717) is 6.42 Å². The molecule has 116 valence electrons. The largest absolute Gasteiger partial charge is 0.409 e. The van der Waals surface area contributed by atoms with Gasteiger partial charge in [-0.2, -0.15) is 0 Å². The van der Waals surface area contributed by atoms with E-state index < -0.39 is 0 Å². The molecule has 2 atom stereocenters. The summed E-state index contributed by atoms with van der Waals surface area (Å²) < 4.78 is 0. The average molecular weight is 291 g/mol. The SMILES string of the molecule is N/C(CC(c1ccccc1)N1CCCCCC1CO)=N/O. The zero-order chi connectivity index (χ0) is 15.1. The lowest BCUT2D eigenvalue weighted by Crippen LogP contribution is -2.41. The molecule has 0 saturated carbocycles. The third-order valence-corrected chi connectivity index (χ3v) is 4.25. The van der Waals surface area contributed by atoms with E-state index in [1.165, 1.54) is 6.42 Å². The van der Waals surface area contributed by atoms with Crippen molar-refractivity contribution in [3.8, 4) is 0 Å². The van der Waals surface area contributed by atoms with E-state index in [2.05, 4.69) is 22.2 Å². The number of hydrogen-bond donors (Lipinski definition) is 3. The molecule has 0 radical (unpaired) electrons. The molecule has 0 aliphatic carbocycles. The highest BCUT2D eigenvalue weighted by molar-refractivity contribution is 5.80. The van der Waals surface area contributed by atoms with Gasteiger partial charge in [-0.05, 0) is 24.9 Å². The number of aliphatic hydroxyl groups is 1. The van der Waals surface area contributed by atoms with Crippen molar-refractivity contribution in [3.63, 3.8) is 0 Å². The van der Waals surface area contributed by atoms with Crippen molar-refractivity contribution in [2.24, 2.45) is 10.9 Å². The van der Waals surface area contributed by atoms with Gasteiger partial charge in [-0.1, -0.05) is 48.3 Å². The summed E-state index contributed by atoms with van der Waals surface area (Å²) in [6.07, 6.45) is 4.92. The van der Waals surface area contributed by atoms with Gasteiger partial charge in [0.05, 0.1) is 6.61 Å². The zero-order valence-electron chi connectivity index (χ0n) is 12.4. The minimum atomic E-state index is 0.0392. The normalized spacial score (nSPS) is 22.7. The Bertz CT molecular complexity index is 450. The van der Waals surface area contributed by atoms with Crippen molar-refractivity contribution in [1.82, 2.24) is 4.90 Å². The summed E-state index contributed by atoms with van der Waals surface area (Å²) in [5.41, 5.74) is 6.90. The van der Waals surface area contributed by atoms with Crippen LogP contribution in [0.2, 0.25) is 0 Å². The predicted molar refractivity (Wildman–Crippen MR) is 83.3 cm³/mol. The van der Waals surface area contributed by atoms with Crippen LogP contribution in [-0.2, 0) is 0 Å². The highest BCUT2D eigenvalue weighted by atomic mass is 16.4. The zero-order valence-corrected chi connectivity index (χ0v) is 12.4. The molecule has 2 rings (SSSR count). The maximum Gasteiger partial charge on any atom is 0.141 e. The smallest absolute Gasteiger partial charge is 0.141 e. The van der Waals surface area contributed by atoms with Crippen molar-refractivity contribution in [3.05, 3.63) is 35.9 Å². The number of likely N-dealkylation sites (tertiary alicyclic amines) is 1. The van der Waals surface area contributed by atoms with E-state index in [-0.39, 0.29) is 24.5 Å². The summed E-state index contributed by atoms with van der Waals surface area (Å²) >= 11 is 0. The molecule has 1 aliphatic rings. The van der Waals surface area contributed by atoms with Gasteiger partial charge in [0.2, 0.25) is 0 Å². The minimum absolute atomic E-state index is 0.0392. The first-order valence-corrected chi connectivity index (χ1v) is 7.64. The fourth-order valence-corrected chi connectivity index (χ4v) is 3.15. The molecule has 1 heterocycles. The van der Waals surface area contributed by atoms with Gasteiger partial charge in [0.1, 0.15) is 5.84 Å². The first-order chi connectivity index (χ1) is 10.3. The molecule has 0 bridgehead atoms. The Balaban J connectivity index is 2.28. The second-order valence-electron chi connectivity index (χ2n) is 5.65. The molecule has 0 aromatic heterocycles. The number of nitrogens with zero attached hydrogens (tertiary/aromatic N) is 2. The molecular formula is C16H25N3O2. The van der Waals surface area contributed by atoms with Crippen LogP contribution in [0.3, 0.4) is 0 Å². The fourth-order valence-electron chi connectivity index (χ4n) is 3.15. The summed E-state index contributed by atoms with van der Waals surface area (Å²) in [6, 6.07) is 10.3. The summed E-state index contributed by atoms with van der Waals surface area (Å²) in [5.74, 6) is 0.227. The van der Waals surface area contributed by atoms with Crippen LogP contribution in [0.25, 0.3) is 0 Å². The number of hydrogen-bond acceptors (Lipinski definition) is 4. The van der Waals surface area contributed by atoms with E-state index in [4.69, 9.17) is 10.9 Å². The van der Waals surface area contributed by atoms with E-state index in [0.717, 1.165) is 31.4 Å². The van der Waals surface area contributed by atoms with Gasteiger partial charge in [0.15, 0.2) is 0 Å². The number of amidine groups is 1. The lowest BCUT2D eigenvalue weighted by molar-refractivity contribution is 0.0861. The number of aliphatic hydroxyl groups excluding tert-OH is 1. The van der Waals surface area contributed by atoms with Gasteiger partial charge < -0.3 is 16.0 Å². The van der Waals surface area contributed by atoms with E-state index >= 15 is 0 Å². The topological polar surface area (TPSA) is 82.1 Å². The average Bonchev–Trinajstić information content (AvgIpc) is 2.78. The monoisotopic (exact) mass is 291 g/mol. The molecule has 21 heavy (non-hydrogen) atoms. The minimum Gasteiger partial charge on any atom is -0.409 e. The Hall–Kier alpha value is -1.59. The number of rotatable bonds is 5. The lowest BCUT2D eigenvalue weighted by Gasteiger charge is -2.36. The quantitative estimate of drug-likeness (QED) is 0.336. The summed E-state index contributed by atoms with van der Waals surface area (Å²) in [7, 11) is 0. The van der Waals surface area contributed by atoms with E-state index in [1.54, 1.807) is 0 Å². The Morgan fingerprint density at radius 2 is 2.05 bits per heavy atom. The fraction of sp³-hybridized carbons (Fsp3) is 0.562. The standard InChI is InChI=1S/C16H25N3O2/c17-16(18-21)11-15(13-7-3-1-4-8-13)19-10-6-2-5-9-14(19)12-20/h1,3-4,7-8,14-15,20-21H,2,5-6,9-12H2,(H2,17,18). The molecule has 0 spiro atoms. The van der Waals surface area contributed by atoms with Crippen molar-refractivity contribution < 1.29 is 10.3 Å². The molecule has 2 unspecified atom stereocenters. The summed E-state index contributed by atoms with van der Waals surface area (Å²) in [4.78, 5) is 2.32. The second-order valence-corrected chi connectivity index (χ2v) is 5.65. The molecule has 1 fully saturated rings. The van der Waals surface area contributed by atoms with Crippen molar-refractivity contribution in [2.75, 3.05) is 13.2 Å². The lowest BCUT2D eigenvalue weighted by atomic mass is 9.99. The Kier molecular flexibility index (Phi) is 6.02. The molecule has 5 nitrogen and oxygen atoms in total. The molecule has 4 N–H and O–H groups in total. The first-order valence-electron chi connectivity index (χ1n) is 7.64. The number of benzene rings is 1. The second kappa shape index (κ2) is 8.00. The van der Waals surface area contributed by atoms with Crippen LogP contribution in [0.5, 0.6) is 0 Å². The van der Waals surface area contributed by atoms with Gasteiger partial charge in [-0.15, -0.1) is 0 Å². The molecule has 1 aliphatic heterocycles. The van der Waals surface area contributed by atoms with Gasteiger partial charge >= 0.3 is 0 Å². The summed E-state index contributed by atoms with van der Waals surface area (Å²) in [6.45, 7) is 1.09. The van der Waals surface area contributed by atoms with Gasteiger partial charge in [-0.25, -0.2) is 0 Å². The van der Waals surface area contributed by atoms with E-state index in [1.807, 2.05) is 18.2 Å². The Morgan fingerprint density at radius 1 is 1.29 bits per heavy atom. The van der Waals surface area contributed by atoms with Crippen LogP contribution >= 0.6 is 0 Å². The molecule has 1 aromatic rings. The van der Waals surface area contributed by atoms with Crippen molar-refractivity contribution in [1.29, 1.82) is 0 Å². The predicted octanol–water partition coefficient (Wildman–Crippen LogP) is 2.10. The third kappa shape index (κ3) is 4.19. The Labute approximate surface area is 126 Å². The molecule has 0 amide bonds. The van der Waals surface area contributed by atoms with Gasteiger partial charge in [0.25, 0.3) is 0 Å². The third-order valence-electron chi connectivity index (χ3n) is 4.25. The molecule has 5 heteroatoms. The molecular weight excluding hydrogens is 266 g/mol. The maximum atomic E-state index is 9.72. The molecule has 1 saturated heterocycles. The van der Waals surface area contributed by atoms with Crippen molar-refractivity contribution >= 4 is 5.84 Å². The van der Waals surface area contributed by atoms with Crippen LogP contribution in [0, 0.1) is 0 Å². The highest BCUT2D eigenvalue weighted by Gasteiger charge is 2.29. The van der Waals surface area contributed by atoms with Gasteiger partial charge in [0, 0.05) is 18.5 Å². The highest BCUT2D eigenvalue weighted by Crippen LogP contribution is 2.30. The van der Waals surface area contributed by atoms with Crippen molar-refractivity contribution in [2.45, 2.75) is 44.2 Å². The molecule has 1 aromatic carbocycles. The van der Waals surface area contributed by atoms with Crippen LogP contribution in [0.4, 0.5) is 0 Å². The van der Waals surface area contributed by atoms with Gasteiger partial charge in [-0.3, -0.25) is 4.90 Å². The van der Waals surface area contributed by atoms with Crippen LogP contribution in [0.1, 0.15) is 43.7 Å². The van der Waals surface area contributed by atoms with E-state index in [9.17, 15) is 5.11 Å². The number of oxime groups is 1. The number of nitrogens with two attached hydrogens (primary N) is 1. The maximum absolute atomic E-state index is 9.72. The Morgan fingerprint density at radius 3 is 2.71 bits per heavy atom. The van der Waals surface area contributed by atoms with Crippen LogP contribution in [-0.4, -0.2) is 40.2 Å². The van der Waals surface area contributed by atoms with Crippen LogP contribution in [0.15, 0.2) is 35.5 Å². The summed E-state index contributed by atoms with van der Waals surface area (Å²) in [5, 5.41) is 21.8. The van der Waals surface area contributed by atoms with Crippen LogP contribution < -0.4 is 5.73 Å². The first kappa shape index (κ1) is 15.8.